The van der Waals surface area contributed by atoms with Crippen molar-refractivity contribution in [1.29, 1.82) is 0 Å². The molecule has 0 radical (unpaired) electrons. The maximum absolute atomic E-state index is 13.3. The van der Waals surface area contributed by atoms with Gasteiger partial charge in [-0.2, -0.15) is 0 Å². The molecule has 3 aliphatic rings. The molecule has 0 bridgehead atoms. The summed E-state index contributed by atoms with van der Waals surface area (Å²) in [5.74, 6) is 1.13. The molecule has 3 heterocycles. The van der Waals surface area contributed by atoms with Gasteiger partial charge >= 0.3 is 0 Å². The topological polar surface area (TPSA) is 56.8 Å². The highest BCUT2D eigenvalue weighted by Gasteiger charge is 2.59. The van der Waals surface area contributed by atoms with E-state index < -0.39 is 0 Å². The fourth-order valence-electron chi connectivity index (χ4n) is 5.95. The molecule has 1 spiro atoms. The average Bonchev–Trinajstić information content (AvgIpc) is 3.66. The van der Waals surface area contributed by atoms with Gasteiger partial charge in [-0.1, -0.05) is 30.3 Å². The minimum absolute atomic E-state index is 0.0367. The van der Waals surface area contributed by atoms with Crippen molar-refractivity contribution in [1.82, 2.24) is 14.8 Å². The van der Waals surface area contributed by atoms with Crippen LogP contribution in [0.2, 0.25) is 0 Å². The molecule has 2 amide bonds. The standard InChI is InChI=1S/C30H31FN4O2/c31-25-10-8-23(9-11-25)22-4-6-24(7-5-22)28(36)34-15-12-30(13-16-34)21-26(30)29(37)35-19-17-33(18-20-35)27-3-1-2-14-32-27/h1-11,14,26H,12-13,15-21H2. The number of anilines is 1. The first-order valence-electron chi connectivity index (χ1n) is 13.1. The lowest BCUT2D eigenvalue weighted by Crippen LogP contribution is -2.50. The molecule has 1 saturated carbocycles. The Morgan fingerprint density at radius 3 is 2.05 bits per heavy atom. The molecule has 2 aromatic carbocycles. The van der Waals surface area contributed by atoms with Crippen molar-refractivity contribution in [2.45, 2.75) is 19.3 Å². The molecule has 1 aromatic heterocycles. The van der Waals surface area contributed by atoms with Gasteiger partial charge in [-0.15, -0.1) is 0 Å². The molecule has 6 nitrogen and oxygen atoms in total. The number of amides is 2. The van der Waals surface area contributed by atoms with Crippen LogP contribution >= 0.6 is 0 Å². The second kappa shape index (κ2) is 9.61. The van der Waals surface area contributed by atoms with E-state index in [4.69, 9.17) is 0 Å². The molecule has 1 atom stereocenters. The second-order valence-electron chi connectivity index (χ2n) is 10.5. The Bertz CT molecular complexity index is 1260. The molecule has 1 unspecified atom stereocenters. The summed E-state index contributed by atoms with van der Waals surface area (Å²) in [5, 5.41) is 0. The Morgan fingerprint density at radius 2 is 1.43 bits per heavy atom. The Morgan fingerprint density at radius 1 is 0.784 bits per heavy atom. The van der Waals surface area contributed by atoms with Crippen LogP contribution in [-0.4, -0.2) is 65.9 Å². The zero-order valence-corrected chi connectivity index (χ0v) is 20.9. The normalized spacial score (nSPS) is 20.7. The van der Waals surface area contributed by atoms with Crippen LogP contribution in [0.5, 0.6) is 0 Å². The van der Waals surface area contributed by atoms with Crippen molar-refractivity contribution in [3.63, 3.8) is 0 Å². The summed E-state index contributed by atoms with van der Waals surface area (Å²) in [6, 6.07) is 19.8. The first-order valence-corrected chi connectivity index (χ1v) is 13.1. The van der Waals surface area contributed by atoms with Gasteiger partial charge in [0.1, 0.15) is 11.6 Å². The number of benzene rings is 2. The number of rotatable bonds is 4. The molecule has 0 N–H and O–H groups in total. The van der Waals surface area contributed by atoms with Crippen molar-refractivity contribution in [2.75, 3.05) is 44.2 Å². The predicted molar refractivity (Wildman–Crippen MR) is 141 cm³/mol. The van der Waals surface area contributed by atoms with Crippen LogP contribution in [-0.2, 0) is 4.79 Å². The number of likely N-dealkylation sites (tertiary alicyclic amines) is 1. The van der Waals surface area contributed by atoms with E-state index in [-0.39, 0.29) is 29.0 Å². The summed E-state index contributed by atoms with van der Waals surface area (Å²) < 4.78 is 13.2. The highest BCUT2D eigenvalue weighted by Crippen LogP contribution is 2.60. The van der Waals surface area contributed by atoms with Crippen LogP contribution in [0.15, 0.2) is 72.9 Å². The summed E-state index contributed by atoms with van der Waals surface area (Å²) in [6.07, 6.45) is 4.52. The number of hydrogen-bond donors (Lipinski definition) is 0. The van der Waals surface area contributed by atoms with Crippen LogP contribution in [0.3, 0.4) is 0 Å². The van der Waals surface area contributed by atoms with E-state index in [1.165, 1.54) is 12.1 Å². The van der Waals surface area contributed by atoms with Gasteiger partial charge in [-0.05, 0) is 72.2 Å². The quantitative estimate of drug-likeness (QED) is 0.532. The molecular weight excluding hydrogens is 467 g/mol. The highest BCUT2D eigenvalue weighted by atomic mass is 19.1. The van der Waals surface area contributed by atoms with E-state index >= 15 is 0 Å². The maximum atomic E-state index is 13.3. The minimum Gasteiger partial charge on any atom is -0.353 e. The van der Waals surface area contributed by atoms with Crippen molar-refractivity contribution < 1.29 is 14.0 Å². The van der Waals surface area contributed by atoms with E-state index in [2.05, 4.69) is 9.88 Å². The fourth-order valence-corrected chi connectivity index (χ4v) is 5.95. The van der Waals surface area contributed by atoms with Gasteiger partial charge in [0.25, 0.3) is 5.91 Å². The average molecular weight is 499 g/mol. The van der Waals surface area contributed by atoms with E-state index in [9.17, 15) is 14.0 Å². The van der Waals surface area contributed by atoms with Crippen molar-refractivity contribution >= 4 is 17.6 Å². The first-order chi connectivity index (χ1) is 18.0. The van der Waals surface area contributed by atoms with Crippen LogP contribution in [0, 0.1) is 17.2 Å². The molecule has 3 aromatic rings. The smallest absolute Gasteiger partial charge is 0.253 e. The molecule has 37 heavy (non-hydrogen) atoms. The van der Waals surface area contributed by atoms with Crippen LogP contribution in [0.1, 0.15) is 29.6 Å². The molecule has 190 valence electrons. The Hall–Kier alpha value is -3.74. The molecule has 6 rings (SSSR count). The highest BCUT2D eigenvalue weighted by molar-refractivity contribution is 5.95. The number of piperidine rings is 1. The molecular formula is C30H31FN4O2. The zero-order valence-electron chi connectivity index (χ0n) is 20.9. The van der Waals surface area contributed by atoms with Gasteiger partial charge in [0, 0.05) is 56.9 Å². The Labute approximate surface area is 216 Å². The van der Waals surface area contributed by atoms with Crippen LogP contribution < -0.4 is 4.90 Å². The molecule has 2 saturated heterocycles. The Kier molecular flexibility index (Phi) is 6.14. The number of halogens is 1. The van der Waals surface area contributed by atoms with Crippen molar-refractivity contribution in [3.8, 4) is 11.1 Å². The van der Waals surface area contributed by atoms with Crippen molar-refractivity contribution in [3.05, 3.63) is 84.3 Å². The summed E-state index contributed by atoms with van der Waals surface area (Å²) in [4.78, 5) is 37.0. The second-order valence-corrected chi connectivity index (χ2v) is 10.5. The Balaban J connectivity index is 1.01. The molecule has 1 aliphatic carbocycles. The van der Waals surface area contributed by atoms with E-state index in [0.29, 0.717) is 18.7 Å². The lowest BCUT2D eigenvalue weighted by Gasteiger charge is -2.37. The summed E-state index contributed by atoms with van der Waals surface area (Å²) in [5.41, 5.74) is 2.60. The monoisotopic (exact) mass is 498 g/mol. The fraction of sp³-hybridized carbons (Fsp3) is 0.367. The first kappa shape index (κ1) is 23.6. The third-order valence-electron chi connectivity index (χ3n) is 8.41. The summed E-state index contributed by atoms with van der Waals surface area (Å²) in [7, 11) is 0. The largest absolute Gasteiger partial charge is 0.353 e. The van der Waals surface area contributed by atoms with Gasteiger partial charge in [0.2, 0.25) is 5.91 Å². The predicted octanol–water partition coefficient (Wildman–Crippen LogP) is 4.48. The molecule has 7 heteroatoms. The minimum atomic E-state index is -0.263. The molecule has 3 fully saturated rings. The number of carbonyl (C=O) groups excluding carboxylic acids is 2. The van der Waals surface area contributed by atoms with Gasteiger partial charge < -0.3 is 14.7 Å². The molecule has 2 aliphatic heterocycles. The third kappa shape index (κ3) is 4.70. The van der Waals surface area contributed by atoms with Gasteiger partial charge in [0.05, 0.1) is 0 Å². The van der Waals surface area contributed by atoms with E-state index in [1.54, 1.807) is 18.3 Å². The summed E-state index contributed by atoms with van der Waals surface area (Å²) >= 11 is 0. The third-order valence-corrected chi connectivity index (χ3v) is 8.41. The number of piperazine rings is 1. The SMILES string of the molecule is O=C(c1ccc(-c2ccc(F)cc2)cc1)N1CCC2(CC1)CC2C(=O)N1CCN(c2ccccn2)CC1. The van der Waals surface area contributed by atoms with Gasteiger partial charge in [-0.25, -0.2) is 9.37 Å². The van der Waals surface area contributed by atoms with E-state index in [1.807, 2.05) is 52.3 Å². The van der Waals surface area contributed by atoms with Gasteiger partial charge in [-0.3, -0.25) is 9.59 Å². The number of aromatic nitrogens is 1. The van der Waals surface area contributed by atoms with Crippen LogP contribution in [0.4, 0.5) is 10.2 Å². The van der Waals surface area contributed by atoms with Gasteiger partial charge in [0.15, 0.2) is 0 Å². The number of hydrogen-bond acceptors (Lipinski definition) is 4. The number of nitrogens with zero attached hydrogens (tertiary/aromatic N) is 4. The van der Waals surface area contributed by atoms with E-state index in [0.717, 1.165) is 62.4 Å². The summed E-state index contributed by atoms with van der Waals surface area (Å²) in [6.45, 7) is 4.47. The number of pyridine rings is 1. The lowest BCUT2D eigenvalue weighted by atomic mass is 9.90. The lowest BCUT2D eigenvalue weighted by molar-refractivity contribution is -0.134. The maximum Gasteiger partial charge on any atom is 0.253 e. The van der Waals surface area contributed by atoms with Crippen LogP contribution in [0.25, 0.3) is 11.1 Å². The van der Waals surface area contributed by atoms with Crippen molar-refractivity contribution in [2.24, 2.45) is 11.3 Å². The zero-order chi connectivity index (χ0) is 25.4. The number of carbonyl (C=O) groups is 2.